The van der Waals surface area contributed by atoms with E-state index < -0.39 is 0 Å². The van der Waals surface area contributed by atoms with E-state index >= 15 is 0 Å². The molecule has 1 amide bonds. The second kappa shape index (κ2) is 5.15. The third-order valence-corrected chi connectivity index (χ3v) is 3.46. The summed E-state index contributed by atoms with van der Waals surface area (Å²) in [6.07, 6.45) is 4.83. The first-order chi connectivity index (χ1) is 7.72. The van der Waals surface area contributed by atoms with Crippen LogP contribution in [0.1, 0.15) is 39.5 Å². The molecule has 92 valence electrons. The van der Waals surface area contributed by atoms with Gasteiger partial charge < -0.3 is 9.64 Å². The highest BCUT2D eigenvalue weighted by Gasteiger charge is 2.37. The number of hydrogen-bond acceptors (Lipinski definition) is 3. The fraction of sp³-hybridized carbons (Fsp3) is 0.917. The molecule has 1 N–H and O–H groups in total. The van der Waals surface area contributed by atoms with Gasteiger partial charge in [-0.05, 0) is 26.2 Å². The molecule has 4 heteroatoms. The van der Waals surface area contributed by atoms with Gasteiger partial charge in [0.1, 0.15) is 0 Å². The molecule has 3 atom stereocenters. The van der Waals surface area contributed by atoms with E-state index in [1.165, 1.54) is 0 Å². The van der Waals surface area contributed by atoms with Crippen LogP contribution < -0.4 is 5.32 Å². The normalized spacial score (nSPS) is 35.0. The maximum atomic E-state index is 12.0. The Balaban J connectivity index is 1.95. The zero-order chi connectivity index (χ0) is 11.5. The molecule has 0 bridgehead atoms. The van der Waals surface area contributed by atoms with Crippen LogP contribution in [-0.4, -0.2) is 42.3 Å². The first kappa shape index (κ1) is 11.9. The van der Waals surface area contributed by atoms with Gasteiger partial charge in [0.05, 0.1) is 18.3 Å². The standard InChI is InChI=1S/C12H22N2O2/c1-3-5-11-13-9(2)12(15)14(11)8-10-6-4-7-16-10/h9-11,13H,3-8H2,1-2H3. The Morgan fingerprint density at radius 3 is 3.00 bits per heavy atom. The minimum absolute atomic E-state index is 0.0297. The van der Waals surface area contributed by atoms with E-state index in [1.54, 1.807) is 0 Å². The van der Waals surface area contributed by atoms with Crippen LogP contribution in [0.15, 0.2) is 0 Å². The Morgan fingerprint density at radius 1 is 1.56 bits per heavy atom. The van der Waals surface area contributed by atoms with Crippen molar-refractivity contribution < 1.29 is 9.53 Å². The van der Waals surface area contributed by atoms with E-state index in [0.717, 1.165) is 38.8 Å². The summed E-state index contributed by atoms with van der Waals surface area (Å²) in [6, 6.07) is -0.0297. The van der Waals surface area contributed by atoms with Crippen molar-refractivity contribution in [1.29, 1.82) is 0 Å². The first-order valence-corrected chi connectivity index (χ1v) is 6.40. The summed E-state index contributed by atoms with van der Waals surface area (Å²) in [7, 11) is 0. The second-order valence-corrected chi connectivity index (χ2v) is 4.82. The van der Waals surface area contributed by atoms with Gasteiger partial charge in [0.25, 0.3) is 0 Å². The van der Waals surface area contributed by atoms with Crippen molar-refractivity contribution in [3.8, 4) is 0 Å². The zero-order valence-corrected chi connectivity index (χ0v) is 10.2. The molecule has 2 heterocycles. The maximum absolute atomic E-state index is 12.0. The molecule has 2 fully saturated rings. The molecule has 0 saturated carbocycles. The average Bonchev–Trinajstić information content (AvgIpc) is 2.84. The van der Waals surface area contributed by atoms with E-state index in [-0.39, 0.29) is 24.2 Å². The van der Waals surface area contributed by atoms with Crippen molar-refractivity contribution in [3.05, 3.63) is 0 Å². The van der Waals surface area contributed by atoms with Crippen molar-refractivity contribution in [2.45, 2.75) is 57.8 Å². The van der Waals surface area contributed by atoms with Gasteiger partial charge in [-0.2, -0.15) is 0 Å². The van der Waals surface area contributed by atoms with Crippen LogP contribution in [0.2, 0.25) is 0 Å². The summed E-state index contributed by atoms with van der Waals surface area (Å²) >= 11 is 0. The maximum Gasteiger partial charge on any atom is 0.240 e. The lowest BCUT2D eigenvalue weighted by Gasteiger charge is -2.26. The van der Waals surface area contributed by atoms with E-state index in [1.807, 2.05) is 11.8 Å². The molecular weight excluding hydrogens is 204 g/mol. The van der Waals surface area contributed by atoms with E-state index in [0.29, 0.717) is 0 Å². The van der Waals surface area contributed by atoms with Crippen molar-refractivity contribution in [2.75, 3.05) is 13.2 Å². The molecule has 2 rings (SSSR count). The van der Waals surface area contributed by atoms with Crippen LogP contribution >= 0.6 is 0 Å². The minimum atomic E-state index is -0.0297. The van der Waals surface area contributed by atoms with Gasteiger partial charge in [-0.15, -0.1) is 0 Å². The fourth-order valence-corrected chi connectivity index (χ4v) is 2.59. The third-order valence-electron chi connectivity index (χ3n) is 3.46. The highest BCUT2D eigenvalue weighted by atomic mass is 16.5. The Hall–Kier alpha value is -0.610. The summed E-state index contributed by atoms with van der Waals surface area (Å²) in [4.78, 5) is 14.0. The second-order valence-electron chi connectivity index (χ2n) is 4.82. The average molecular weight is 226 g/mol. The van der Waals surface area contributed by atoms with Crippen LogP contribution in [0.4, 0.5) is 0 Å². The quantitative estimate of drug-likeness (QED) is 0.781. The number of carbonyl (C=O) groups excluding carboxylic acids is 1. The van der Waals surface area contributed by atoms with Gasteiger partial charge in [0, 0.05) is 13.2 Å². The van der Waals surface area contributed by atoms with Crippen LogP contribution in [0, 0.1) is 0 Å². The van der Waals surface area contributed by atoms with Gasteiger partial charge in [-0.3, -0.25) is 10.1 Å². The summed E-state index contributed by atoms with van der Waals surface area (Å²) < 4.78 is 5.60. The predicted molar refractivity (Wildman–Crippen MR) is 62.0 cm³/mol. The lowest BCUT2D eigenvalue weighted by atomic mass is 10.2. The molecule has 0 spiro atoms. The SMILES string of the molecule is CCCC1NC(C)C(=O)N1CC1CCCO1. The summed E-state index contributed by atoms with van der Waals surface area (Å²) in [6.45, 7) is 5.72. The van der Waals surface area contributed by atoms with Crippen molar-refractivity contribution >= 4 is 5.91 Å². The lowest BCUT2D eigenvalue weighted by Crippen LogP contribution is -2.41. The van der Waals surface area contributed by atoms with Crippen LogP contribution in [-0.2, 0) is 9.53 Å². The van der Waals surface area contributed by atoms with Crippen LogP contribution in [0.25, 0.3) is 0 Å². The third kappa shape index (κ3) is 2.38. The Labute approximate surface area is 97.3 Å². The van der Waals surface area contributed by atoms with Crippen LogP contribution in [0.3, 0.4) is 0 Å². The highest BCUT2D eigenvalue weighted by Crippen LogP contribution is 2.20. The number of rotatable bonds is 4. The molecule has 3 unspecified atom stereocenters. The molecule has 2 aliphatic heterocycles. The smallest absolute Gasteiger partial charge is 0.240 e. The predicted octanol–water partition coefficient (Wildman–Crippen LogP) is 1.11. The number of nitrogens with zero attached hydrogens (tertiary/aromatic N) is 1. The molecule has 0 radical (unpaired) electrons. The lowest BCUT2D eigenvalue weighted by molar-refractivity contribution is -0.131. The molecule has 0 aromatic heterocycles. The van der Waals surface area contributed by atoms with Gasteiger partial charge in [-0.1, -0.05) is 13.3 Å². The minimum Gasteiger partial charge on any atom is -0.376 e. The van der Waals surface area contributed by atoms with E-state index in [4.69, 9.17) is 4.74 Å². The number of nitrogens with one attached hydrogen (secondary N) is 1. The van der Waals surface area contributed by atoms with Crippen molar-refractivity contribution in [3.63, 3.8) is 0 Å². The molecule has 2 aliphatic rings. The molecule has 2 saturated heterocycles. The Morgan fingerprint density at radius 2 is 2.38 bits per heavy atom. The van der Waals surface area contributed by atoms with Gasteiger partial charge >= 0.3 is 0 Å². The van der Waals surface area contributed by atoms with Crippen molar-refractivity contribution in [1.82, 2.24) is 10.2 Å². The number of amides is 1. The summed E-state index contributed by atoms with van der Waals surface area (Å²) in [5.74, 6) is 0.231. The molecule has 0 aromatic carbocycles. The first-order valence-electron chi connectivity index (χ1n) is 6.40. The number of carbonyl (C=O) groups is 1. The summed E-state index contributed by atoms with van der Waals surface area (Å²) in [5, 5.41) is 3.35. The van der Waals surface area contributed by atoms with Gasteiger partial charge in [0.15, 0.2) is 0 Å². The Kier molecular flexibility index (Phi) is 3.82. The highest BCUT2D eigenvalue weighted by molar-refractivity contribution is 5.83. The van der Waals surface area contributed by atoms with E-state index in [9.17, 15) is 4.79 Å². The molecule has 4 nitrogen and oxygen atoms in total. The van der Waals surface area contributed by atoms with E-state index in [2.05, 4.69) is 12.2 Å². The molecular formula is C12H22N2O2. The topological polar surface area (TPSA) is 41.6 Å². The number of hydrogen-bond donors (Lipinski definition) is 1. The number of ether oxygens (including phenoxy) is 1. The summed E-state index contributed by atoms with van der Waals surface area (Å²) in [5.41, 5.74) is 0. The zero-order valence-electron chi connectivity index (χ0n) is 10.2. The Bertz CT molecular complexity index is 251. The molecule has 0 aromatic rings. The van der Waals surface area contributed by atoms with Gasteiger partial charge in [0.2, 0.25) is 5.91 Å². The molecule has 0 aliphatic carbocycles. The monoisotopic (exact) mass is 226 g/mol. The fourth-order valence-electron chi connectivity index (χ4n) is 2.59. The van der Waals surface area contributed by atoms with Crippen LogP contribution in [0.5, 0.6) is 0 Å². The van der Waals surface area contributed by atoms with Crippen molar-refractivity contribution in [2.24, 2.45) is 0 Å². The van der Waals surface area contributed by atoms with Gasteiger partial charge in [-0.25, -0.2) is 0 Å². The largest absolute Gasteiger partial charge is 0.376 e. The molecule has 16 heavy (non-hydrogen) atoms.